The topological polar surface area (TPSA) is 72.9 Å². The predicted molar refractivity (Wildman–Crippen MR) is 92.7 cm³/mol. The van der Waals surface area contributed by atoms with Gasteiger partial charge in [0.15, 0.2) is 0 Å². The lowest BCUT2D eigenvalue weighted by Gasteiger charge is -2.36. The van der Waals surface area contributed by atoms with Gasteiger partial charge in [0.1, 0.15) is 5.82 Å². The van der Waals surface area contributed by atoms with Gasteiger partial charge in [-0.25, -0.2) is 4.98 Å². The van der Waals surface area contributed by atoms with Gasteiger partial charge in [-0.2, -0.15) is 0 Å². The Kier molecular flexibility index (Phi) is 6.23. The number of aromatic nitrogens is 2. The van der Waals surface area contributed by atoms with Crippen molar-refractivity contribution in [2.75, 3.05) is 6.54 Å². The van der Waals surface area contributed by atoms with Gasteiger partial charge in [0.25, 0.3) is 0 Å². The van der Waals surface area contributed by atoms with Crippen LogP contribution in [-0.2, 0) is 11.3 Å². The molecule has 2 aromatic rings. The van der Waals surface area contributed by atoms with Crippen LogP contribution in [0, 0.1) is 6.92 Å². The number of benzene rings is 1. The van der Waals surface area contributed by atoms with Crippen molar-refractivity contribution in [2.45, 2.75) is 38.3 Å². The Hall–Kier alpha value is -1.30. The van der Waals surface area contributed by atoms with Crippen LogP contribution >= 0.6 is 24.8 Å². The molecule has 1 aromatic heterocycles. The third-order valence-electron chi connectivity index (χ3n) is 4.16. The van der Waals surface area contributed by atoms with Gasteiger partial charge in [-0.15, -0.1) is 24.8 Å². The van der Waals surface area contributed by atoms with Crippen molar-refractivity contribution < 1.29 is 4.79 Å². The lowest BCUT2D eigenvalue weighted by Crippen LogP contribution is -2.58. The number of nitrogens with one attached hydrogen (secondary N) is 1. The van der Waals surface area contributed by atoms with Crippen LogP contribution in [0.25, 0.3) is 11.0 Å². The maximum Gasteiger partial charge on any atom is 0.240 e. The Morgan fingerprint density at radius 2 is 2.05 bits per heavy atom. The van der Waals surface area contributed by atoms with Gasteiger partial charge in [0.05, 0.1) is 16.6 Å². The fraction of sp³-hybridized carbons (Fsp3) is 0.467. The fourth-order valence-electron chi connectivity index (χ4n) is 2.72. The lowest BCUT2D eigenvalue weighted by molar-refractivity contribution is -0.129. The molecule has 1 aliphatic rings. The molecular weight excluding hydrogens is 323 g/mol. The average molecular weight is 345 g/mol. The molecule has 1 aromatic carbocycles. The largest absolute Gasteiger partial charge is 0.353 e. The van der Waals surface area contributed by atoms with Crippen LogP contribution in [0.2, 0.25) is 0 Å². The molecule has 0 aliphatic heterocycles. The number of aryl methyl sites for hydroxylation is 1. The summed E-state index contributed by atoms with van der Waals surface area (Å²) in [5.74, 6) is 0.942. The summed E-state index contributed by atoms with van der Waals surface area (Å²) in [4.78, 5) is 16.5. The molecule has 1 saturated carbocycles. The van der Waals surface area contributed by atoms with Gasteiger partial charge in [-0.05, 0) is 38.3 Å². The highest BCUT2D eigenvalue weighted by atomic mass is 35.5. The highest BCUT2D eigenvalue weighted by Gasteiger charge is 2.39. The summed E-state index contributed by atoms with van der Waals surface area (Å²) in [5, 5.41) is 2.94. The molecule has 3 N–H and O–H groups in total. The minimum atomic E-state index is -0.619. The van der Waals surface area contributed by atoms with Crippen molar-refractivity contribution in [1.29, 1.82) is 0 Å². The molecule has 0 bridgehead atoms. The van der Waals surface area contributed by atoms with Crippen LogP contribution in [0.15, 0.2) is 24.3 Å². The molecule has 1 amide bonds. The summed E-state index contributed by atoms with van der Waals surface area (Å²) in [6.07, 6.45) is 2.65. The number of rotatable bonds is 4. The number of para-hydroxylation sites is 2. The summed E-state index contributed by atoms with van der Waals surface area (Å²) < 4.78 is 2.12. The van der Waals surface area contributed by atoms with Gasteiger partial charge in [0, 0.05) is 13.1 Å². The fourth-order valence-corrected chi connectivity index (χ4v) is 2.72. The van der Waals surface area contributed by atoms with Crippen molar-refractivity contribution in [2.24, 2.45) is 5.73 Å². The molecule has 0 atom stereocenters. The number of hydrogen-bond donors (Lipinski definition) is 2. The number of hydrogen-bond acceptors (Lipinski definition) is 3. The number of nitrogens with two attached hydrogens (primary N) is 1. The molecule has 1 aliphatic carbocycles. The molecule has 7 heteroatoms. The van der Waals surface area contributed by atoms with Crippen LogP contribution in [-0.4, -0.2) is 27.5 Å². The molecule has 1 heterocycles. The molecule has 122 valence electrons. The maximum atomic E-state index is 12.0. The zero-order valence-electron chi connectivity index (χ0n) is 12.5. The average Bonchev–Trinajstić information content (AvgIpc) is 2.72. The first-order valence-electron chi connectivity index (χ1n) is 7.09. The van der Waals surface area contributed by atoms with E-state index in [2.05, 4.69) is 14.9 Å². The number of amides is 1. The van der Waals surface area contributed by atoms with E-state index in [1.54, 1.807) is 0 Å². The molecule has 0 saturated heterocycles. The summed E-state index contributed by atoms with van der Waals surface area (Å²) in [6, 6.07) is 8.03. The number of carbonyl (C=O) groups excluding carboxylic acids is 1. The Morgan fingerprint density at radius 3 is 2.68 bits per heavy atom. The SMILES string of the molecule is Cc1nc2ccccc2n1CCNC(=O)C1(N)CCC1.Cl.Cl. The minimum Gasteiger partial charge on any atom is -0.353 e. The van der Waals surface area contributed by atoms with E-state index < -0.39 is 5.54 Å². The quantitative estimate of drug-likeness (QED) is 0.892. The minimum absolute atomic E-state index is 0. The first-order chi connectivity index (χ1) is 9.60. The third-order valence-corrected chi connectivity index (χ3v) is 4.16. The van der Waals surface area contributed by atoms with Crippen molar-refractivity contribution in [3.05, 3.63) is 30.1 Å². The van der Waals surface area contributed by atoms with E-state index in [1.807, 2.05) is 31.2 Å². The van der Waals surface area contributed by atoms with E-state index in [9.17, 15) is 4.79 Å². The number of nitrogens with zero attached hydrogens (tertiary/aromatic N) is 2. The van der Waals surface area contributed by atoms with Crippen molar-refractivity contribution in [3.8, 4) is 0 Å². The molecule has 1 fully saturated rings. The predicted octanol–water partition coefficient (Wildman–Crippen LogP) is 2.19. The second-order valence-electron chi connectivity index (χ2n) is 5.56. The smallest absolute Gasteiger partial charge is 0.240 e. The van der Waals surface area contributed by atoms with Crippen LogP contribution in [0.5, 0.6) is 0 Å². The highest BCUT2D eigenvalue weighted by Crippen LogP contribution is 2.28. The maximum absolute atomic E-state index is 12.0. The molecule has 5 nitrogen and oxygen atoms in total. The molecule has 0 unspecified atom stereocenters. The molecular formula is C15H22Cl2N4O. The summed E-state index contributed by atoms with van der Waals surface area (Å²) in [7, 11) is 0. The first-order valence-corrected chi connectivity index (χ1v) is 7.09. The van der Waals surface area contributed by atoms with Gasteiger partial charge >= 0.3 is 0 Å². The van der Waals surface area contributed by atoms with Crippen LogP contribution in [0.1, 0.15) is 25.1 Å². The number of carbonyl (C=O) groups is 1. The van der Waals surface area contributed by atoms with Gasteiger partial charge in [-0.3, -0.25) is 4.79 Å². The van der Waals surface area contributed by atoms with Crippen molar-refractivity contribution in [1.82, 2.24) is 14.9 Å². The number of imidazole rings is 1. The van der Waals surface area contributed by atoms with Crippen LogP contribution < -0.4 is 11.1 Å². The summed E-state index contributed by atoms with van der Waals surface area (Å²) in [5.41, 5.74) is 7.47. The zero-order chi connectivity index (χ0) is 14.2. The van der Waals surface area contributed by atoms with E-state index in [0.717, 1.165) is 36.1 Å². The third kappa shape index (κ3) is 3.37. The van der Waals surface area contributed by atoms with Crippen LogP contribution in [0.4, 0.5) is 0 Å². The first kappa shape index (κ1) is 18.7. The van der Waals surface area contributed by atoms with Crippen molar-refractivity contribution in [3.63, 3.8) is 0 Å². The summed E-state index contributed by atoms with van der Waals surface area (Å²) >= 11 is 0. The van der Waals surface area contributed by atoms with E-state index >= 15 is 0 Å². The molecule has 3 rings (SSSR count). The highest BCUT2D eigenvalue weighted by molar-refractivity contribution is 5.87. The zero-order valence-corrected chi connectivity index (χ0v) is 14.2. The van der Waals surface area contributed by atoms with E-state index in [4.69, 9.17) is 5.73 Å². The van der Waals surface area contributed by atoms with Crippen LogP contribution in [0.3, 0.4) is 0 Å². The monoisotopic (exact) mass is 344 g/mol. The Balaban J connectivity index is 0.00000121. The van der Waals surface area contributed by atoms with Gasteiger partial charge < -0.3 is 15.6 Å². The van der Waals surface area contributed by atoms with Gasteiger partial charge in [0.2, 0.25) is 5.91 Å². The Bertz CT molecular complexity index is 652. The normalized spacial score (nSPS) is 15.4. The van der Waals surface area contributed by atoms with Crippen molar-refractivity contribution >= 4 is 41.8 Å². The Morgan fingerprint density at radius 1 is 1.36 bits per heavy atom. The van der Waals surface area contributed by atoms with E-state index in [-0.39, 0.29) is 30.7 Å². The Labute approximate surface area is 142 Å². The van der Waals surface area contributed by atoms with Gasteiger partial charge in [-0.1, -0.05) is 12.1 Å². The molecule has 0 radical (unpaired) electrons. The number of halogens is 2. The standard InChI is InChI=1S/C15H20N4O.2ClH/c1-11-18-12-5-2-3-6-13(12)19(11)10-9-17-14(20)15(16)7-4-8-15;;/h2-3,5-6H,4,7-10,16H2,1H3,(H,17,20);2*1H. The second-order valence-corrected chi connectivity index (χ2v) is 5.56. The molecule has 0 spiro atoms. The number of fused-ring (bicyclic) bond motifs is 1. The molecule has 22 heavy (non-hydrogen) atoms. The second kappa shape index (κ2) is 7.31. The lowest BCUT2D eigenvalue weighted by atomic mass is 9.77. The van der Waals surface area contributed by atoms with E-state index in [0.29, 0.717) is 13.1 Å². The summed E-state index contributed by atoms with van der Waals surface area (Å²) in [6.45, 7) is 3.28. The van der Waals surface area contributed by atoms with E-state index in [1.165, 1.54) is 0 Å².